The second-order valence-electron chi connectivity index (χ2n) is 3.78. The SMILES string of the molecule is Cn1nccc1/C=C/C(=O)NC(CC(N)=O)C(=O)O. The Morgan fingerprint density at radius 2 is 2.26 bits per heavy atom. The lowest BCUT2D eigenvalue weighted by molar-refractivity contribution is -0.142. The van der Waals surface area contributed by atoms with Gasteiger partial charge < -0.3 is 16.2 Å². The molecule has 0 saturated heterocycles. The minimum atomic E-state index is -1.33. The predicted molar refractivity (Wildman–Crippen MR) is 65.6 cm³/mol. The van der Waals surface area contributed by atoms with Crippen LogP contribution in [0.15, 0.2) is 18.3 Å². The van der Waals surface area contributed by atoms with Gasteiger partial charge in [0.05, 0.1) is 12.1 Å². The number of aliphatic carboxylic acids is 1. The van der Waals surface area contributed by atoms with Crippen molar-refractivity contribution in [1.82, 2.24) is 15.1 Å². The van der Waals surface area contributed by atoms with E-state index in [9.17, 15) is 14.4 Å². The van der Waals surface area contributed by atoms with Crippen molar-refractivity contribution in [1.29, 1.82) is 0 Å². The third-order valence-corrected chi connectivity index (χ3v) is 2.28. The average Bonchev–Trinajstić information content (AvgIpc) is 2.70. The number of rotatable bonds is 6. The quantitative estimate of drug-likeness (QED) is 0.562. The van der Waals surface area contributed by atoms with Crippen LogP contribution in [0.2, 0.25) is 0 Å². The first-order valence-electron chi connectivity index (χ1n) is 5.38. The molecule has 1 aromatic heterocycles. The Morgan fingerprint density at radius 3 is 2.74 bits per heavy atom. The fourth-order valence-corrected chi connectivity index (χ4v) is 1.33. The van der Waals surface area contributed by atoms with Crippen molar-refractivity contribution in [3.63, 3.8) is 0 Å². The van der Waals surface area contributed by atoms with Crippen LogP contribution in [0.4, 0.5) is 0 Å². The lowest BCUT2D eigenvalue weighted by atomic mass is 10.2. The summed E-state index contributed by atoms with van der Waals surface area (Å²) in [6.45, 7) is 0. The Morgan fingerprint density at radius 1 is 1.58 bits per heavy atom. The summed E-state index contributed by atoms with van der Waals surface area (Å²) in [7, 11) is 1.70. The van der Waals surface area contributed by atoms with Crippen LogP contribution in [-0.2, 0) is 21.4 Å². The molecule has 1 unspecified atom stereocenters. The first kappa shape index (κ1) is 14.4. The number of carbonyl (C=O) groups is 3. The predicted octanol–water partition coefficient (Wildman–Crippen LogP) is -1.12. The number of carboxylic acids is 1. The molecule has 4 N–H and O–H groups in total. The molecule has 1 atom stereocenters. The molecule has 102 valence electrons. The monoisotopic (exact) mass is 266 g/mol. The van der Waals surface area contributed by atoms with Gasteiger partial charge in [-0.05, 0) is 12.1 Å². The number of aromatic nitrogens is 2. The van der Waals surface area contributed by atoms with Crippen molar-refractivity contribution < 1.29 is 19.5 Å². The number of nitrogens with zero attached hydrogens (tertiary/aromatic N) is 2. The summed E-state index contributed by atoms with van der Waals surface area (Å²) in [6.07, 6.45) is 3.74. The number of carbonyl (C=O) groups excluding carboxylic acids is 2. The van der Waals surface area contributed by atoms with Crippen LogP contribution in [0.1, 0.15) is 12.1 Å². The van der Waals surface area contributed by atoms with E-state index < -0.39 is 30.2 Å². The van der Waals surface area contributed by atoms with Gasteiger partial charge in [0.15, 0.2) is 0 Å². The molecule has 8 nitrogen and oxygen atoms in total. The fourth-order valence-electron chi connectivity index (χ4n) is 1.33. The van der Waals surface area contributed by atoms with E-state index >= 15 is 0 Å². The van der Waals surface area contributed by atoms with Crippen LogP contribution in [-0.4, -0.2) is 38.7 Å². The summed E-state index contributed by atoms with van der Waals surface area (Å²) in [4.78, 5) is 33.0. The Bertz CT molecular complexity index is 521. The van der Waals surface area contributed by atoms with Gasteiger partial charge >= 0.3 is 5.97 Å². The molecule has 0 spiro atoms. The highest BCUT2D eigenvalue weighted by atomic mass is 16.4. The normalized spacial score (nSPS) is 12.3. The first-order valence-corrected chi connectivity index (χ1v) is 5.38. The van der Waals surface area contributed by atoms with Gasteiger partial charge in [0.1, 0.15) is 6.04 Å². The molecule has 0 aromatic carbocycles. The zero-order chi connectivity index (χ0) is 14.4. The Labute approximate surface area is 108 Å². The molecule has 0 aliphatic heterocycles. The molecule has 1 rings (SSSR count). The molecule has 0 bridgehead atoms. The molecule has 8 heteroatoms. The van der Waals surface area contributed by atoms with E-state index in [1.807, 2.05) is 0 Å². The third kappa shape index (κ3) is 4.62. The van der Waals surface area contributed by atoms with E-state index in [0.29, 0.717) is 5.69 Å². The summed E-state index contributed by atoms with van der Waals surface area (Å²) in [5, 5.41) is 14.9. The van der Waals surface area contributed by atoms with Crippen molar-refractivity contribution in [2.24, 2.45) is 12.8 Å². The lowest BCUT2D eigenvalue weighted by Gasteiger charge is -2.10. The second kappa shape index (κ2) is 6.34. The van der Waals surface area contributed by atoms with Crippen molar-refractivity contribution in [3.05, 3.63) is 24.0 Å². The number of nitrogens with two attached hydrogens (primary N) is 1. The number of aryl methyl sites for hydroxylation is 1. The fraction of sp³-hybridized carbons (Fsp3) is 0.273. The van der Waals surface area contributed by atoms with Crippen LogP contribution in [0.25, 0.3) is 6.08 Å². The standard InChI is InChI=1S/C11H14N4O4/c1-15-7(4-5-13-15)2-3-10(17)14-8(11(18)19)6-9(12)16/h2-5,8H,6H2,1H3,(H2,12,16)(H,14,17)(H,18,19)/b3-2+. The number of amides is 2. The molecular weight excluding hydrogens is 252 g/mol. The number of hydrogen-bond donors (Lipinski definition) is 3. The maximum absolute atomic E-state index is 11.5. The van der Waals surface area contributed by atoms with Crippen molar-refractivity contribution in [3.8, 4) is 0 Å². The van der Waals surface area contributed by atoms with Gasteiger partial charge in [0.2, 0.25) is 11.8 Å². The maximum Gasteiger partial charge on any atom is 0.326 e. The number of hydrogen-bond acceptors (Lipinski definition) is 4. The van der Waals surface area contributed by atoms with E-state index in [1.54, 1.807) is 24.0 Å². The Kier molecular flexibility index (Phi) is 4.81. The molecule has 2 amide bonds. The highest BCUT2D eigenvalue weighted by molar-refractivity contribution is 5.95. The van der Waals surface area contributed by atoms with Crippen LogP contribution < -0.4 is 11.1 Å². The lowest BCUT2D eigenvalue weighted by Crippen LogP contribution is -2.42. The highest BCUT2D eigenvalue weighted by Gasteiger charge is 2.20. The first-order chi connectivity index (χ1) is 8.90. The van der Waals surface area contributed by atoms with Gasteiger partial charge in [-0.2, -0.15) is 5.10 Å². The molecule has 0 fully saturated rings. The molecule has 1 aromatic rings. The van der Waals surface area contributed by atoms with Crippen LogP contribution >= 0.6 is 0 Å². The molecule has 0 radical (unpaired) electrons. The van der Waals surface area contributed by atoms with Gasteiger partial charge in [-0.1, -0.05) is 0 Å². The van der Waals surface area contributed by atoms with Crippen molar-refractivity contribution in [2.75, 3.05) is 0 Å². The zero-order valence-electron chi connectivity index (χ0n) is 10.2. The van der Waals surface area contributed by atoms with Crippen LogP contribution in [0, 0.1) is 0 Å². The van der Waals surface area contributed by atoms with E-state index in [4.69, 9.17) is 10.8 Å². The van der Waals surface area contributed by atoms with Gasteiger partial charge in [-0.3, -0.25) is 14.3 Å². The van der Waals surface area contributed by atoms with Gasteiger partial charge in [-0.25, -0.2) is 4.79 Å². The number of primary amides is 1. The van der Waals surface area contributed by atoms with Gasteiger partial charge in [0, 0.05) is 19.3 Å². The smallest absolute Gasteiger partial charge is 0.326 e. The van der Waals surface area contributed by atoms with E-state index in [2.05, 4.69) is 10.4 Å². The summed E-state index contributed by atoms with van der Waals surface area (Å²) >= 11 is 0. The second-order valence-corrected chi connectivity index (χ2v) is 3.78. The molecular formula is C11H14N4O4. The highest BCUT2D eigenvalue weighted by Crippen LogP contribution is 1.99. The molecule has 0 saturated carbocycles. The minimum Gasteiger partial charge on any atom is -0.480 e. The van der Waals surface area contributed by atoms with Crippen LogP contribution in [0.3, 0.4) is 0 Å². The summed E-state index contributed by atoms with van der Waals surface area (Å²) in [5.41, 5.74) is 5.57. The summed E-state index contributed by atoms with van der Waals surface area (Å²) in [5.74, 6) is -2.75. The maximum atomic E-state index is 11.5. The molecule has 0 aliphatic carbocycles. The topological polar surface area (TPSA) is 127 Å². The van der Waals surface area contributed by atoms with Gasteiger partial charge in [0.25, 0.3) is 0 Å². The van der Waals surface area contributed by atoms with Crippen molar-refractivity contribution >= 4 is 23.9 Å². The zero-order valence-corrected chi connectivity index (χ0v) is 10.2. The number of carboxylic acid groups (broad SMARTS) is 1. The van der Waals surface area contributed by atoms with Crippen LogP contribution in [0.5, 0.6) is 0 Å². The van der Waals surface area contributed by atoms with E-state index in [0.717, 1.165) is 6.08 Å². The number of nitrogens with one attached hydrogen (secondary N) is 1. The average molecular weight is 266 g/mol. The molecule has 1 heterocycles. The Hall–Kier alpha value is -2.64. The summed E-state index contributed by atoms with van der Waals surface area (Å²) < 4.78 is 1.54. The Balaban J connectivity index is 2.63. The molecule has 0 aliphatic rings. The van der Waals surface area contributed by atoms with E-state index in [-0.39, 0.29) is 0 Å². The van der Waals surface area contributed by atoms with E-state index in [1.165, 1.54) is 6.08 Å². The largest absolute Gasteiger partial charge is 0.480 e. The van der Waals surface area contributed by atoms with Crippen molar-refractivity contribution in [2.45, 2.75) is 12.5 Å². The summed E-state index contributed by atoms with van der Waals surface area (Å²) in [6, 6.07) is 0.350. The third-order valence-electron chi connectivity index (χ3n) is 2.28. The van der Waals surface area contributed by atoms with Gasteiger partial charge in [-0.15, -0.1) is 0 Å². The molecule has 19 heavy (non-hydrogen) atoms. The minimum absolute atomic E-state index is 0.458.